The highest BCUT2D eigenvalue weighted by Gasteiger charge is 2.23. The molecule has 4 nitrogen and oxygen atoms in total. The Hall–Kier alpha value is -0.880. The molecule has 6 heteroatoms. The van der Waals surface area contributed by atoms with Gasteiger partial charge < -0.3 is 0 Å². The predicted octanol–water partition coefficient (Wildman–Crippen LogP) is 0.769. The van der Waals surface area contributed by atoms with E-state index >= 15 is 0 Å². The van der Waals surface area contributed by atoms with Crippen LogP contribution in [0.5, 0.6) is 0 Å². The van der Waals surface area contributed by atoms with Crippen molar-refractivity contribution in [3.63, 3.8) is 0 Å². The summed E-state index contributed by atoms with van der Waals surface area (Å²) in [4.78, 5) is 0.169. The summed E-state index contributed by atoms with van der Waals surface area (Å²) in [7, 11) is -6.21. The molecule has 16 heavy (non-hydrogen) atoms. The topological polar surface area (TPSA) is 68.3 Å². The summed E-state index contributed by atoms with van der Waals surface area (Å²) >= 11 is 0. The lowest BCUT2D eigenvalue weighted by atomic mass is 10.2. The van der Waals surface area contributed by atoms with Crippen molar-refractivity contribution in [1.82, 2.24) is 0 Å². The van der Waals surface area contributed by atoms with Crippen molar-refractivity contribution in [3.8, 4) is 0 Å². The second-order valence-corrected chi connectivity index (χ2v) is 7.08. The van der Waals surface area contributed by atoms with E-state index in [0.717, 1.165) is 5.56 Å². The van der Waals surface area contributed by atoms with Gasteiger partial charge in [0.15, 0.2) is 9.84 Å². The summed E-state index contributed by atoms with van der Waals surface area (Å²) in [6.45, 7) is 3.26. The van der Waals surface area contributed by atoms with Crippen LogP contribution in [0.25, 0.3) is 0 Å². The monoisotopic (exact) mass is 262 g/mol. The lowest BCUT2D eigenvalue weighted by molar-refractivity contribution is 0.582. The van der Waals surface area contributed by atoms with Gasteiger partial charge in [-0.25, -0.2) is 16.8 Å². The Labute approximate surface area is 97.2 Å². The summed E-state index contributed by atoms with van der Waals surface area (Å²) < 4.78 is 44.9. The van der Waals surface area contributed by atoms with Gasteiger partial charge in [-0.2, -0.15) is 0 Å². The minimum Gasteiger partial charge on any atom is -0.232 e. The van der Waals surface area contributed by atoms with Crippen molar-refractivity contribution >= 4 is 20.5 Å². The van der Waals surface area contributed by atoms with Gasteiger partial charge in [-0.1, -0.05) is 17.7 Å². The van der Waals surface area contributed by atoms with Crippen molar-refractivity contribution in [1.29, 1.82) is 0 Å². The summed E-state index contributed by atoms with van der Waals surface area (Å²) in [6.07, 6.45) is 0. The average molecular weight is 262 g/mol. The van der Waals surface area contributed by atoms with Crippen LogP contribution in [0.2, 0.25) is 0 Å². The summed E-state index contributed by atoms with van der Waals surface area (Å²) in [5.41, 5.74) is 0.960. The molecule has 90 valence electrons. The van der Waals surface area contributed by atoms with Gasteiger partial charge in [0.1, 0.15) is 10.7 Å². The minimum absolute atomic E-state index is 0.169. The predicted molar refractivity (Wildman–Crippen MR) is 63.0 cm³/mol. The van der Waals surface area contributed by atoms with E-state index in [2.05, 4.69) is 0 Å². The fraction of sp³-hybridized carbons (Fsp3) is 0.400. The smallest absolute Gasteiger partial charge is 0.181 e. The largest absolute Gasteiger partial charge is 0.232 e. The first-order valence-corrected chi connectivity index (χ1v) is 7.67. The van der Waals surface area contributed by atoms with E-state index in [1.165, 1.54) is 19.1 Å². The normalized spacial score (nSPS) is 13.9. The van der Waals surface area contributed by atoms with Gasteiger partial charge in [-0.05, 0) is 26.0 Å². The summed E-state index contributed by atoms with van der Waals surface area (Å²) in [5.74, 6) is -0.342. The number of aryl methyl sites for hydroxylation is 1. The van der Waals surface area contributed by atoms with E-state index in [4.69, 9.17) is 0 Å². The van der Waals surface area contributed by atoms with E-state index in [9.17, 15) is 16.8 Å². The van der Waals surface area contributed by atoms with Crippen molar-refractivity contribution in [3.05, 3.63) is 29.8 Å². The Morgan fingerprint density at radius 3 is 2.12 bits per heavy atom. The Morgan fingerprint density at radius 2 is 1.69 bits per heavy atom. The zero-order valence-corrected chi connectivity index (χ0v) is 10.8. The number of rotatable bonds is 4. The first-order valence-electron chi connectivity index (χ1n) is 4.76. The molecule has 1 unspecified atom stereocenters. The highest BCUT2D eigenvalue weighted by Crippen LogP contribution is 2.16. The van der Waals surface area contributed by atoms with E-state index in [1.54, 1.807) is 12.1 Å². The number of hydrogen-bond acceptors (Lipinski definition) is 4. The lowest BCUT2D eigenvalue weighted by Crippen LogP contribution is -2.22. The molecule has 1 atom stereocenters. The van der Waals surface area contributed by atoms with Crippen molar-refractivity contribution in [2.75, 3.05) is 5.75 Å². The lowest BCUT2D eigenvalue weighted by Gasteiger charge is -2.09. The van der Waals surface area contributed by atoms with Crippen LogP contribution in [-0.2, 0) is 20.5 Å². The quantitative estimate of drug-likeness (QED) is 0.814. The molecule has 0 aliphatic carbocycles. The molecule has 0 amide bonds. The molecule has 0 aliphatic heterocycles. The number of hydrogen-bond donors (Lipinski definition) is 1. The van der Waals surface area contributed by atoms with E-state index < -0.39 is 25.8 Å². The van der Waals surface area contributed by atoms with Gasteiger partial charge >= 0.3 is 0 Å². The van der Waals surface area contributed by atoms with Crippen LogP contribution in [0.4, 0.5) is 0 Å². The van der Waals surface area contributed by atoms with Crippen LogP contribution < -0.4 is 0 Å². The van der Waals surface area contributed by atoms with Gasteiger partial charge in [0.25, 0.3) is 0 Å². The minimum atomic E-state index is -3.53. The average Bonchev–Trinajstić information content (AvgIpc) is 2.17. The molecule has 0 N–H and O–H groups in total. The molecule has 0 aliphatic rings. The molecule has 0 heterocycles. The first kappa shape index (κ1) is 13.2. The van der Waals surface area contributed by atoms with Crippen LogP contribution in [0.15, 0.2) is 29.2 Å². The highest BCUT2D eigenvalue weighted by molar-refractivity contribution is 7.92. The third-order valence-corrected chi connectivity index (χ3v) is 5.53. The van der Waals surface area contributed by atoms with Gasteiger partial charge in [0.05, 0.1) is 15.9 Å². The molecule has 0 bridgehead atoms. The van der Waals surface area contributed by atoms with Gasteiger partial charge in [0.2, 0.25) is 0 Å². The Kier molecular flexibility index (Phi) is 4.09. The standard InChI is InChI=1S/C10H14O4S2/c1-8-3-5-10(6-4-8)16(13,14)9(2)7-15(11)12/h3-6,9,15H,7H2,1-2H3. The van der Waals surface area contributed by atoms with Crippen LogP contribution in [0.1, 0.15) is 12.5 Å². The molecule has 0 saturated heterocycles. The summed E-state index contributed by atoms with van der Waals surface area (Å²) in [5, 5.41) is -0.906. The third kappa shape index (κ3) is 3.05. The summed E-state index contributed by atoms with van der Waals surface area (Å²) in [6, 6.07) is 6.38. The van der Waals surface area contributed by atoms with Crippen molar-refractivity contribution < 1.29 is 16.8 Å². The van der Waals surface area contributed by atoms with Crippen molar-refractivity contribution in [2.24, 2.45) is 0 Å². The molecule has 0 spiro atoms. The second kappa shape index (κ2) is 4.97. The third-order valence-electron chi connectivity index (χ3n) is 2.29. The molecule has 1 aromatic carbocycles. The van der Waals surface area contributed by atoms with Gasteiger partial charge in [-0.3, -0.25) is 0 Å². The van der Waals surface area contributed by atoms with Crippen molar-refractivity contribution in [2.45, 2.75) is 24.0 Å². The molecule has 1 rings (SSSR count). The molecular weight excluding hydrogens is 248 g/mol. The zero-order valence-electron chi connectivity index (χ0n) is 9.08. The Morgan fingerprint density at radius 1 is 1.19 bits per heavy atom. The molecule has 0 saturated carbocycles. The first-order chi connectivity index (χ1) is 7.34. The molecular formula is C10H14O4S2. The molecule has 0 aromatic heterocycles. The maximum absolute atomic E-state index is 11.9. The molecule has 0 fully saturated rings. The van der Waals surface area contributed by atoms with E-state index in [0.29, 0.717) is 0 Å². The van der Waals surface area contributed by atoms with E-state index in [-0.39, 0.29) is 10.6 Å². The fourth-order valence-electron chi connectivity index (χ4n) is 1.27. The second-order valence-electron chi connectivity index (χ2n) is 3.68. The van der Waals surface area contributed by atoms with Gasteiger partial charge in [-0.15, -0.1) is 0 Å². The molecule has 1 aromatic rings. The fourth-order valence-corrected chi connectivity index (χ4v) is 3.82. The van der Waals surface area contributed by atoms with E-state index in [1.807, 2.05) is 6.92 Å². The number of thiol groups is 1. The van der Waals surface area contributed by atoms with Crippen LogP contribution in [-0.4, -0.2) is 27.8 Å². The molecule has 0 radical (unpaired) electrons. The van der Waals surface area contributed by atoms with Gasteiger partial charge in [0, 0.05) is 0 Å². The Balaban J connectivity index is 3.06. The Bertz CT molecular complexity index is 518. The SMILES string of the molecule is Cc1ccc(S(=O)(=O)C(C)C[SH](=O)=O)cc1. The van der Waals surface area contributed by atoms with Crippen LogP contribution in [0.3, 0.4) is 0 Å². The van der Waals surface area contributed by atoms with Crippen LogP contribution >= 0.6 is 0 Å². The maximum atomic E-state index is 11.9. The maximum Gasteiger partial charge on any atom is 0.181 e. The number of benzene rings is 1. The number of sulfone groups is 1. The zero-order chi connectivity index (χ0) is 12.3. The highest BCUT2D eigenvalue weighted by atomic mass is 32.2. The van der Waals surface area contributed by atoms with Crippen LogP contribution in [0, 0.1) is 6.92 Å².